The van der Waals surface area contributed by atoms with Crippen LogP contribution in [-0.4, -0.2) is 155 Å². The average Bonchev–Trinajstić information content (AvgIpc) is 0.870. The Morgan fingerprint density at radius 1 is 0.457 bits per heavy atom. The molecule has 0 saturated heterocycles. The first kappa shape index (κ1) is 86.8. The van der Waals surface area contributed by atoms with E-state index in [-0.39, 0.29) is 99.8 Å². The van der Waals surface area contributed by atoms with E-state index in [1.807, 2.05) is 0 Å². The molecule has 0 radical (unpaired) electrons. The molecule has 0 spiro atoms. The molecular weight excluding hydrogens is 1440 g/mol. The van der Waals surface area contributed by atoms with Gasteiger partial charge in [-0.15, -0.1) is 0 Å². The van der Waals surface area contributed by atoms with E-state index in [4.69, 9.17) is 14.2 Å². The van der Waals surface area contributed by atoms with E-state index in [9.17, 15) is 85.1 Å². The second-order valence-electron chi connectivity index (χ2n) is 22.5. The maximum atomic E-state index is 14.2. The first-order valence-electron chi connectivity index (χ1n) is 32.4. The maximum Gasteiger partial charge on any atom is 0.328 e. The first-order valence-corrected chi connectivity index (χ1v) is 35.4. The third-order valence-electron chi connectivity index (χ3n) is 14.0. The Labute approximate surface area is 614 Å². The SMILES string of the molecule is C/C=C1\NC(=O)c2cc(F)cc(n2)CNC(=O)C[C@@H](/C=C/CCSC(C)=O)OC(=O)[C@H](C)NC1=O.C/C=C1\NC(=O)c2ccc(F)c(n2)CNC(=O)C[C@@H](/C=C/CCSC(C)=O)OC(=O)[C@H](C)NC1=O.C/C=C1\NC(=O)c2nc(ccc2F)CNC(=O)C[C@@H](/C=C/CCSC(C)=O)OC(=O)[C@H](C)NC1=O. The molecule has 0 aromatic carbocycles. The molecule has 3 aromatic heterocycles. The highest BCUT2D eigenvalue weighted by Gasteiger charge is 2.30. The Kier molecular flexibility index (Phi) is 37.0. The van der Waals surface area contributed by atoms with Crippen molar-refractivity contribution in [1.82, 2.24) is 62.8 Å². The number of nitrogens with zero attached hydrogens (tertiary/aromatic N) is 3. The summed E-state index contributed by atoms with van der Waals surface area (Å²) in [4.78, 5) is 195. The second-order valence-corrected chi connectivity index (χ2v) is 26.3. The summed E-state index contributed by atoms with van der Waals surface area (Å²) in [6, 6.07) is 3.19. The van der Waals surface area contributed by atoms with Crippen LogP contribution in [-0.2, 0) is 91.4 Å². The fraction of sp³-hybridized carbons (Fsp3) is 0.391. The predicted octanol–water partition coefficient (Wildman–Crippen LogP) is 4.55. The molecule has 3 aliphatic heterocycles. The van der Waals surface area contributed by atoms with Crippen molar-refractivity contribution in [2.24, 2.45) is 0 Å². The monoisotopic (exact) mass is 1520 g/mol. The number of rotatable bonds is 12. The van der Waals surface area contributed by atoms with Gasteiger partial charge in [0.15, 0.2) is 26.9 Å². The number of esters is 3. The van der Waals surface area contributed by atoms with Gasteiger partial charge in [-0.3, -0.25) is 57.5 Å². The third-order valence-corrected chi connectivity index (χ3v) is 16.5. The Balaban J connectivity index is 0.000000333. The molecule has 6 atom stereocenters. The Hall–Kier alpha value is -10.6. The highest BCUT2D eigenvalue weighted by molar-refractivity contribution is 8.14. The molecule has 0 saturated carbocycles. The van der Waals surface area contributed by atoms with Crippen molar-refractivity contribution < 1.29 is 99.3 Å². The van der Waals surface area contributed by atoms with Crippen LogP contribution >= 0.6 is 35.3 Å². The molecule has 36 heteroatoms. The molecule has 9 amide bonds. The number of allylic oxidation sites excluding steroid dienone is 6. The zero-order valence-electron chi connectivity index (χ0n) is 58.7. The predicted molar refractivity (Wildman–Crippen MR) is 379 cm³/mol. The van der Waals surface area contributed by atoms with Gasteiger partial charge in [0.05, 0.1) is 56.0 Å². The molecule has 9 N–H and O–H groups in total. The maximum absolute atomic E-state index is 14.2. The second kappa shape index (κ2) is 44.8. The standard InChI is InChI=1S/3C23H27FN4O6S/c1-4-18-21(31)26-13(2)23(33)34-16(7-5-6-10-35-14(3)29)11-19(30)25-12-15-8-9-17(24)20(27-15)22(32)28-18;1-4-17-21(31)26-13(2)23(33)34-15(7-5-6-10-35-14(3)29)11-20(30)25-12-19-16(24)8-9-18(27-19)22(32)28-17;1-4-18-21(31)26-13(2)23(33)34-17(7-5-6-8-35-14(3)29)11-20(30)25-12-16-9-15(24)10-19(27-16)22(32)28-18/h4-5,7-9,13,16H,6,10-12H2,1-3H3,(H,25,30)(H,26,31)(H,28,32);4-5,7-9,13,15H,6,10-12H2,1-3H3,(H,25,30)(H,26,31)(H,28,32);4-5,7,9-10,13,17H,6,8,11-12H2,1-3H3,(H,25,30)(H,26,31)(H,28,32)/b7-5+,18-4-;7-5+,17-4-;7-5+,18-4-/t13-,16+;13-,15+;13-,17+/m000/s1. The normalized spacial score (nSPS) is 21.3. The topological polar surface area (TPSA) is 431 Å². The summed E-state index contributed by atoms with van der Waals surface area (Å²) in [6.07, 6.45) is 11.5. The molecule has 6 heterocycles. The molecule has 0 fully saturated rings. The van der Waals surface area contributed by atoms with Gasteiger partial charge in [-0.2, -0.15) is 0 Å². The number of nitrogens with one attached hydrogen (secondary N) is 9. The van der Waals surface area contributed by atoms with Crippen molar-refractivity contribution in [1.29, 1.82) is 0 Å². The minimum atomic E-state index is -1.12. The lowest BCUT2D eigenvalue weighted by molar-refractivity contribution is -0.152. The Bertz CT molecular complexity index is 3960. The quantitative estimate of drug-likeness (QED) is 0.0395. The van der Waals surface area contributed by atoms with Gasteiger partial charge in [0.25, 0.3) is 35.4 Å². The minimum Gasteiger partial charge on any atom is -0.456 e. The number of fused-ring (bicyclic) bond motifs is 6. The highest BCUT2D eigenvalue weighted by atomic mass is 32.2. The number of amides is 9. The van der Waals surface area contributed by atoms with E-state index in [2.05, 4.69) is 62.8 Å². The van der Waals surface area contributed by atoms with Crippen LogP contribution in [0.25, 0.3) is 0 Å². The number of ether oxygens (including phenoxy) is 3. The molecule has 6 rings (SSSR count). The summed E-state index contributed by atoms with van der Waals surface area (Å²) >= 11 is 3.43. The molecule has 564 valence electrons. The van der Waals surface area contributed by atoms with Crippen molar-refractivity contribution in [3.8, 4) is 0 Å². The van der Waals surface area contributed by atoms with Crippen LogP contribution < -0.4 is 47.9 Å². The number of cyclic esters (lactones) is 3. The van der Waals surface area contributed by atoms with Gasteiger partial charge in [0, 0.05) is 44.1 Å². The lowest BCUT2D eigenvalue weighted by Crippen LogP contribution is -2.44. The number of carbonyl (C=O) groups excluding carboxylic acids is 15. The first-order chi connectivity index (χ1) is 49.8. The number of aromatic nitrogens is 3. The van der Waals surface area contributed by atoms with E-state index >= 15 is 0 Å². The smallest absolute Gasteiger partial charge is 0.328 e. The zero-order valence-corrected chi connectivity index (χ0v) is 61.1. The van der Waals surface area contributed by atoms with Gasteiger partial charge in [-0.25, -0.2) is 42.5 Å². The Morgan fingerprint density at radius 3 is 1.23 bits per heavy atom. The van der Waals surface area contributed by atoms with E-state index in [0.29, 0.717) is 36.5 Å². The number of thioether (sulfide) groups is 3. The van der Waals surface area contributed by atoms with Crippen LogP contribution in [0.5, 0.6) is 0 Å². The number of pyridine rings is 3. The average molecular weight is 1520 g/mol. The highest BCUT2D eigenvalue weighted by Crippen LogP contribution is 2.16. The van der Waals surface area contributed by atoms with E-state index in [1.165, 1.54) is 98.8 Å². The minimum absolute atomic E-state index is 0.0206. The van der Waals surface area contributed by atoms with Crippen molar-refractivity contribution in [2.45, 2.75) is 157 Å². The number of halogens is 3. The van der Waals surface area contributed by atoms with Crippen LogP contribution in [0.4, 0.5) is 13.2 Å². The van der Waals surface area contributed by atoms with Crippen LogP contribution in [0.3, 0.4) is 0 Å². The van der Waals surface area contributed by atoms with Crippen molar-refractivity contribution in [2.75, 3.05) is 17.3 Å². The van der Waals surface area contributed by atoms with E-state index < -0.39 is 131 Å². The summed E-state index contributed by atoms with van der Waals surface area (Å²) in [5.41, 5.74) is -1.39. The number of carbonyl (C=O) groups is 15. The summed E-state index contributed by atoms with van der Waals surface area (Å²) in [6.45, 7) is 12.5. The Morgan fingerprint density at radius 2 is 0.829 bits per heavy atom. The van der Waals surface area contributed by atoms with E-state index in [0.717, 1.165) is 65.6 Å². The molecule has 0 aliphatic carbocycles. The number of hydrogen-bond donors (Lipinski definition) is 9. The molecule has 105 heavy (non-hydrogen) atoms. The van der Waals surface area contributed by atoms with Gasteiger partial charge < -0.3 is 62.1 Å². The van der Waals surface area contributed by atoms with Gasteiger partial charge in [0.1, 0.15) is 76.6 Å². The largest absolute Gasteiger partial charge is 0.456 e. The van der Waals surface area contributed by atoms with Crippen molar-refractivity contribution in [3.63, 3.8) is 0 Å². The lowest BCUT2D eigenvalue weighted by atomic mass is 10.2. The summed E-state index contributed by atoms with van der Waals surface area (Å²) in [7, 11) is 0. The van der Waals surface area contributed by atoms with Gasteiger partial charge in [0.2, 0.25) is 17.7 Å². The van der Waals surface area contributed by atoms with Crippen LogP contribution in [0.2, 0.25) is 0 Å². The van der Waals surface area contributed by atoms with Crippen LogP contribution in [0.1, 0.15) is 149 Å². The molecular formula is C69H81F3N12O18S3. The van der Waals surface area contributed by atoms with E-state index in [1.54, 1.807) is 24.3 Å². The summed E-state index contributed by atoms with van der Waals surface area (Å²) < 4.78 is 58.7. The lowest BCUT2D eigenvalue weighted by Gasteiger charge is -2.20. The van der Waals surface area contributed by atoms with Crippen molar-refractivity contribution in [3.05, 3.63) is 160 Å². The van der Waals surface area contributed by atoms with Crippen molar-refractivity contribution >= 4 is 122 Å². The molecule has 3 aliphatic rings. The fourth-order valence-electron chi connectivity index (χ4n) is 8.65. The van der Waals surface area contributed by atoms with Gasteiger partial charge in [-0.05, 0) is 109 Å². The summed E-state index contributed by atoms with van der Waals surface area (Å²) in [5.74, 6) is -9.61. The molecule has 6 bridgehead atoms. The summed E-state index contributed by atoms with van der Waals surface area (Å²) in [5, 5.41) is 21.8. The molecule has 0 unspecified atom stereocenters. The molecule has 3 aromatic rings. The van der Waals surface area contributed by atoms with Gasteiger partial charge in [-0.1, -0.05) is 71.7 Å². The zero-order chi connectivity index (χ0) is 77.9. The third kappa shape index (κ3) is 31.9. The fourth-order valence-corrected chi connectivity index (χ4v) is 10.3. The van der Waals surface area contributed by atoms with Gasteiger partial charge >= 0.3 is 17.9 Å². The van der Waals surface area contributed by atoms with Crippen LogP contribution in [0.15, 0.2) is 108 Å². The molecule has 30 nitrogen and oxygen atoms in total. The van der Waals surface area contributed by atoms with Crippen LogP contribution in [0, 0.1) is 17.5 Å². The number of hydrogen-bond acceptors (Lipinski definition) is 24.